The first-order chi connectivity index (χ1) is 9.10. The standard InChI is InChI=1S/C14H19NO4/c1-10(13(16)18-2)8-15-9-11-6-4-5-7-12(11)14(17)19-3/h4-7,10,15H,8-9H2,1-3H3. The SMILES string of the molecule is COC(=O)c1ccccc1CNCC(C)C(=O)OC. The predicted octanol–water partition coefficient (Wildman–Crippen LogP) is 1.37. The maximum Gasteiger partial charge on any atom is 0.338 e. The third kappa shape index (κ3) is 4.37. The van der Waals surface area contributed by atoms with Crippen LogP contribution >= 0.6 is 0 Å². The second kappa shape index (κ2) is 7.53. The van der Waals surface area contributed by atoms with Crippen molar-refractivity contribution < 1.29 is 19.1 Å². The molecule has 0 bridgehead atoms. The molecule has 0 saturated carbocycles. The average molecular weight is 265 g/mol. The Morgan fingerprint density at radius 1 is 1.21 bits per heavy atom. The molecule has 1 aromatic carbocycles. The number of nitrogens with one attached hydrogen (secondary N) is 1. The molecule has 0 heterocycles. The number of carbonyl (C=O) groups excluding carboxylic acids is 2. The van der Waals surface area contributed by atoms with Crippen molar-refractivity contribution in [2.24, 2.45) is 5.92 Å². The fraction of sp³-hybridized carbons (Fsp3) is 0.429. The van der Waals surface area contributed by atoms with Gasteiger partial charge >= 0.3 is 11.9 Å². The summed E-state index contributed by atoms with van der Waals surface area (Å²) >= 11 is 0. The van der Waals surface area contributed by atoms with Gasteiger partial charge in [-0.2, -0.15) is 0 Å². The summed E-state index contributed by atoms with van der Waals surface area (Å²) in [5.41, 5.74) is 1.37. The van der Waals surface area contributed by atoms with Gasteiger partial charge in [-0.05, 0) is 11.6 Å². The molecule has 1 atom stereocenters. The zero-order chi connectivity index (χ0) is 14.3. The Hall–Kier alpha value is -1.88. The van der Waals surface area contributed by atoms with Crippen LogP contribution in [0, 0.1) is 5.92 Å². The summed E-state index contributed by atoms with van der Waals surface area (Å²) in [4.78, 5) is 22.8. The Morgan fingerprint density at radius 3 is 2.53 bits per heavy atom. The van der Waals surface area contributed by atoms with Crippen LogP contribution in [0.15, 0.2) is 24.3 Å². The van der Waals surface area contributed by atoms with Gasteiger partial charge in [-0.3, -0.25) is 4.79 Å². The molecule has 0 aliphatic carbocycles. The highest BCUT2D eigenvalue weighted by atomic mass is 16.5. The van der Waals surface area contributed by atoms with Gasteiger partial charge in [0.15, 0.2) is 0 Å². The fourth-order valence-electron chi connectivity index (χ4n) is 1.69. The van der Waals surface area contributed by atoms with Crippen LogP contribution in [-0.2, 0) is 20.8 Å². The van der Waals surface area contributed by atoms with Crippen LogP contribution in [0.2, 0.25) is 0 Å². The molecule has 5 heteroatoms. The van der Waals surface area contributed by atoms with Crippen molar-refractivity contribution >= 4 is 11.9 Å². The largest absolute Gasteiger partial charge is 0.469 e. The lowest BCUT2D eigenvalue weighted by Gasteiger charge is -2.12. The van der Waals surface area contributed by atoms with E-state index in [9.17, 15) is 9.59 Å². The van der Waals surface area contributed by atoms with Gasteiger partial charge in [0.25, 0.3) is 0 Å². The van der Waals surface area contributed by atoms with Crippen molar-refractivity contribution in [3.63, 3.8) is 0 Å². The van der Waals surface area contributed by atoms with Gasteiger partial charge in [-0.1, -0.05) is 25.1 Å². The lowest BCUT2D eigenvalue weighted by atomic mass is 10.1. The monoisotopic (exact) mass is 265 g/mol. The number of ether oxygens (including phenoxy) is 2. The van der Waals surface area contributed by atoms with Crippen molar-refractivity contribution in [2.75, 3.05) is 20.8 Å². The molecule has 0 aliphatic rings. The molecule has 0 aromatic heterocycles. The molecule has 0 radical (unpaired) electrons. The van der Waals surface area contributed by atoms with Gasteiger partial charge in [0.2, 0.25) is 0 Å². The van der Waals surface area contributed by atoms with Gasteiger partial charge < -0.3 is 14.8 Å². The quantitative estimate of drug-likeness (QED) is 0.787. The highest BCUT2D eigenvalue weighted by Gasteiger charge is 2.14. The lowest BCUT2D eigenvalue weighted by Crippen LogP contribution is -2.27. The van der Waals surface area contributed by atoms with E-state index in [-0.39, 0.29) is 17.9 Å². The molecule has 104 valence electrons. The third-order valence-corrected chi connectivity index (χ3v) is 2.79. The highest BCUT2D eigenvalue weighted by molar-refractivity contribution is 5.90. The van der Waals surface area contributed by atoms with Crippen molar-refractivity contribution in [3.8, 4) is 0 Å². The topological polar surface area (TPSA) is 64.6 Å². The van der Waals surface area contributed by atoms with Crippen LogP contribution in [0.25, 0.3) is 0 Å². The number of esters is 2. The summed E-state index contributed by atoms with van der Waals surface area (Å²) < 4.78 is 9.36. The van der Waals surface area contributed by atoms with E-state index in [2.05, 4.69) is 10.1 Å². The molecule has 5 nitrogen and oxygen atoms in total. The van der Waals surface area contributed by atoms with Crippen LogP contribution in [0.1, 0.15) is 22.8 Å². The second-order valence-electron chi connectivity index (χ2n) is 4.20. The molecule has 0 fully saturated rings. The smallest absolute Gasteiger partial charge is 0.338 e. The van der Waals surface area contributed by atoms with Gasteiger partial charge in [0, 0.05) is 13.1 Å². The summed E-state index contributed by atoms with van der Waals surface area (Å²) in [7, 11) is 2.72. The molecule has 1 rings (SSSR count). The summed E-state index contributed by atoms with van der Waals surface area (Å²) in [5, 5.41) is 3.13. The first kappa shape index (κ1) is 15.2. The molecule has 0 amide bonds. The van der Waals surface area contributed by atoms with Gasteiger partial charge in [0.05, 0.1) is 25.7 Å². The molecular weight excluding hydrogens is 246 g/mol. The van der Waals surface area contributed by atoms with E-state index in [0.717, 1.165) is 5.56 Å². The van der Waals surface area contributed by atoms with Crippen LogP contribution in [0.4, 0.5) is 0 Å². The van der Waals surface area contributed by atoms with E-state index in [1.165, 1.54) is 14.2 Å². The molecule has 1 N–H and O–H groups in total. The number of carbonyl (C=O) groups is 2. The van der Waals surface area contributed by atoms with Crippen molar-refractivity contribution in [3.05, 3.63) is 35.4 Å². The van der Waals surface area contributed by atoms with Crippen LogP contribution < -0.4 is 5.32 Å². The van der Waals surface area contributed by atoms with E-state index in [4.69, 9.17) is 4.74 Å². The van der Waals surface area contributed by atoms with Gasteiger partial charge in [-0.25, -0.2) is 4.79 Å². The zero-order valence-corrected chi connectivity index (χ0v) is 11.4. The highest BCUT2D eigenvalue weighted by Crippen LogP contribution is 2.10. The molecule has 1 aromatic rings. The predicted molar refractivity (Wildman–Crippen MR) is 70.7 cm³/mol. The van der Waals surface area contributed by atoms with Gasteiger partial charge in [0.1, 0.15) is 0 Å². The fourth-order valence-corrected chi connectivity index (χ4v) is 1.69. The first-order valence-corrected chi connectivity index (χ1v) is 6.05. The minimum absolute atomic E-state index is 0.227. The minimum Gasteiger partial charge on any atom is -0.469 e. The van der Waals surface area contributed by atoms with E-state index in [1.54, 1.807) is 19.1 Å². The van der Waals surface area contributed by atoms with Crippen molar-refractivity contribution in [2.45, 2.75) is 13.5 Å². The third-order valence-electron chi connectivity index (χ3n) is 2.79. The maximum absolute atomic E-state index is 11.6. The van der Waals surface area contributed by atoms with E-state index >= 15 is 0 Å². The molecular formula is C14H19NO4. The first-order valence-electron chi connectivity index (χ1n) is 6.05. The minimum atomic E-state index is -0.363. The second-order valence-corrected chi connectivity index (χ2v) is 4.20. The zero-order valence-electron chi connectivity index (χ0n) is 11.4. The van der Waals surface area contributed by atoms with E-state index in [1.807, 2.05) is 12.1 Å². The Kier molecular flexibility index (Phi) is 6.02. The number of methoxy groups -OCH3 is 2. The number of hydrogen-bond donors (Lipinski definition) is 1. The normalized spacial score (nSPS) is 11.7. The van der Waals surface area contributed by atoms with E-state index in [0.29, 0.717) is 18.7 Å². The Balaban J connectivity index is 2.58. The number of benzene rings is 1. The van der Waals surface area contributed by atoms with Gasteiger partial charge in [-0.15, -0.1) is 0 Å². The number of rotatable bonds is 6. The molecule has 0 spiro atoms. The van der Waals surface area contributed by atoms with Crippen molar-refractivity contribution in [1.29, 1.82) is 0 Å². The summed E-state index contributed by atoms with van der Waals surface area (Å²) in [6.07, 6.45) is 0. The van der Waals surface area contributed by atoms with Crippen molar-refractivity contribution in [1.82, 2.24) is 5.32 Å². The molecule has 1 unspecified atom stereocenters. The molecule has 19 heavy (non-hydrogen) atoms. The Bertz CT molecular complexity index is 445. The average Bonchev–Trinajstić information content (AvgIpc) is 2.45. The maximum atomic E-state index is 11.6. The van der Waals surface area contributed by atoms with E-state index < -0.39 is 0 Å². The van der Waals surface area contributed by atoms with Crippen LogP contribution in [0.5, 0.6) is 0 Å². The summed E-state index contributed by atoms with van der Waals surface area (Å²) in [6, 6.07) is 7.20. The Morgan fingerprint density at radius 2 is 1.89 bits per heavy atom. The summed E-state index contributed by atoms with van der Waals surface area (Å²) in [5.74, 6) is -0.845. The lowest BCUT2D eigenvalue weighted by molar-refractivity contribution is -0.144. The summed E-state index contributed by atoms with van der Waals surface area (Å²) in [6.45, 7) is 2.76. The number of hydrogen-bond acceptors (Lipinski definition) is 5. The molecule has 0 saturated heterocycles. The Labute approximate surface area is 112 Å². The molecule has 0 aliphatic heterocycles. The van der Waals surface area contributed by atoms with Crippen LogP contribution in [0.3, 0.4) is 0 Å². The van der Waals surface area contributed by atoms with Crippen LogP contribution in [-0.4, -0.2) is 32.7 Å².